The first-order chi connectivity index (χ1) is 15.9. The number of para-hydroxylation sites is 1. The van der Waals surface area contributed by atoms with E-state index < -0.39 is 6.04 Å². The van der Waals surface area contributed by atoms with Crippen LogP contribution in [0.3, 0.4) is 0 Å². The summed E-state index contributed by atoms with van der Waals surface area (Å²) in [4.78, 5) is 32.1. The molecule has 0 saturated carbocycles. The Morgan fingerprint density at radius 2 is 1.97 bits per heavy atom. The molecule has 1 aromatic heterocycles. The summed E-state index contributed by atoms with van der Waals surface area (Å²) in [7, 11) is 2.11. The van der Waals surface area contributed by atoms with E-state index in [4.69, 9.17) is 10.5 Å². The molecule has 1 saturated heterocycles. The Balaban J connectivity index is 1.55. The summed E-state index contributed by atoms with van der Waals surface area (Å²) < 4.78 is 5.97. The maximum Gasteiger partial charge on any atom is 0.246 e. The number of anilines is 2. The summed E-state index contributed by atoms with van der Waals surface area (Å²) in [5.74, 6) is 0.0617. The van der Waals surface area contributed by atoms with Crippen LogP contribution in [0.5, 0.6) is 5.88 Å². The van der Waals surface area contributed by atoms with Crippen molar-refractivity contribution in [2.24, 2.45) is 0 Å². The van der Waals surface area contributed by atoms with E-state index in [9.17, 15) is 9.59 Å². The second kappa shape index (κ2) is 12.2. The van der Waals surface area contributed by atoms with E-state index in [0.717, 1.165) is 44.3 Å². The van der Waals surface area contributed by atoms with Crippen LogP contribution in [0.1, 0.15) is 44.6 Å². The van der Waals surface area contributed by atoms with Gasteiger partial charge in [0.15, 0.2) is 0 Å². The molecule has 4 N–H and O–H groups in total. The van der Waals surface area contributed by atoms with Crippen molar-refractivity contribution in [3.8, 4) is 5.88 Å². The van der Waals surface area contributed by atoms with E-state index in [1.807, 2.05) is 18.2 Å². The Kier molecular flexibility index (Phi) is 9.06. The highest BCUT2D eigenvalue weighted by Crippen LogP contribution is 2.18. The average molecular weight is 454 g/mol. The first-order valence-electron chi connectivity index (χ1n) is 11.7. The van der Waals surface area contributed by atoms with Gasteiger partial charge in [0.2, 0.25) is 17.7 Å². The minimum atomic E-state index is -0.627. The Hall–Kier alpha value is -3.13. The molecule has 3 rings (SSSR count). The van der Waals surface area contributed by atoms with Crippen molar-refractivity contribution in [3.05, 3.63) is 48.2 Å². The number of unbranched alkanes of at least 4 members (excludes halogenated alkanes) is 1. The number of hydrogen-bond donors (Lipinski definition) is 3. The van der Waals surface area contributed by atoms with Gasteiger partial charge in [0, 0.05) is 24.8 Å². The zero-order valence-corrected chi connectivity index (χ0v) is 19.5. The molecule has 0 spiro atoms. The number of ether oxygens (including phenoxy) is 1. The molecular weight excluding hydrogens is 418 g/mol. The number of amides is 2. The highest BCUT2D eigenvalue weighted by atomic mass is 16.5. The number of rotatable bonds is 10. The third-order valence-corrected chi connectivity index (χ3v) is 5.86. The van der Waals surface area contributed by atoms with Crippen molar-refractivity contribution >= 4 is 23.2 Å². The maximum atomic E-state index is 12.9. The zero-order valence-electron chi connectivity index (χ0n) is 19.5. The number of pyridine rings is 1. The van der Waals surface area contributed by atoms with Gasteiger partial charge in [-0.1, -0.05) is 38.0 Å². The maximum absolute atomic E-state index is 12.9. The molecule has 0 radical (unpaired) electrons. The van der Waals surface area contributed by atoms with Gasteiger partial charge in [-0.15, -0.1) is 0 Å². The van der Waals surface area contributed by atoms with Crippen molar-refractivity contribution in [3.63, 3.8) is 0 Å². The van der Waals surface area contributed by atoms with Crippen LogP contribution in [-0.2, 0) is 16.0 Å². The Bertz CT molecular complexity index is 911. The lowest BCUT2D eigenvalue weighted by Gasteiger charge is -2.28. The molecule has 8 heteroatoms. The molecule has 0 bridgehead atoms. The van der Waals surface area contributed by atoms with Crippen molar-refractivity contribution in [2.45, 2.75) is 57.6 Å². The normalized spacial score (nSPS) is 15.6. The number of aromatic nitrogens is 1. The molecule has 2 aromatic rings. The molecule has 1 unspecified atom stereocenters. The number of benzene rings is 1. The lowest BCUT2D eigenvalue weighted by molar-refractivity contribution is -0.126. The van der Waals surface area contributed by atoms with Gasteiger partial charge in [0.1, 0.15) is 12.1 Å². The van der Waals surface area contributed by atoms with Crippen LogP contribution < -0.4 is 21.1 Å². The Morgan fingerprint density at radius 1 is 1.21 bits per heavy atom. The second-order valence-corrected chi connectivity index (χ2v) is 8.63. The van der Waals surface area contributed by atoms with Crippen molar-refractivity contribution < 1.29 is 14.3 Å². The second-order valence-electron chi connectivity index (χ2n) is 8.63. The van der Waals surface area contributed by atoms with Gasteiger partial charge in [-0.3, -0.25) is 9.59 Å². The highest BCUT2D eigenvalue weighted by Gasteiger charge is 2.22. The Morgan fingerprint density at radius 3 is 2.64 bits per heavy atom. The minimum Gasteiger partial charge on any atom is -0.474 e. The number of nitrogens with two attached hydrogens (primary N) is 1. The van der Waals surface area contributed by atoms with Gasteiger partial charge in [0.05, 0.1) is 18.3 Å². The van der Waals surface area contributed by atoms with E-state index in [2.05, 4.69) is 34.5 Å². The predicted octanol–water partition coefficient (Wildman–Crippen LogP) is 2.99. The first kappa shape index (κ1) is 24.5. The molecule has 1 atom stereocenters. The third-order valence-electron chi connectivity index (χ3n) is 5.86. The number of carbonyl (C=O) groups is 2. The summed E-state index contributed by atoms with van der Waals surface area (Å²) in [5.41, 5.74) is 7.82. The summed E-state index contributed by atoms with van der Waals surface area (Å²) in [6.45, 7) is 4.08. The third kappa shape index (κ3) is 7.75. The molecule has 8 nitrogen and oxygen atoms in total. The van der Waals surface area contributed by atoms with E-state index in [1.54, 1.807) is 24.4 Å². The Labute approximate surface area is 195 Å². The summed E-state index contributed by atoms with van der Waals surface area (Å²) in [5, 5.41) is 5.73. The molecule has 1 fully saturated rings. The average Bonchev–Trinajstić information content (AvgIpc) is 2.81. The van der Waals surface area contributed by atoms with Crippen LogP contribution in [0.4, 0.5) is 11.4 Å². The number of nitrogen functional groups attached to an aromatic ring is 1. The van der Waals surface area contributed by atoms with Crippen LogP contribution >= 0.6 is 0 Å². The summed E-state index contributed by atoms with van der Waals surface area (Å²) in [6.07, 6.45) is 6.15. The fraction of sp³-hybridized carbons (Fsp3) is 0.480. The molecule has 178 valence electrons. The molecule has 2 amide bonds. The van der Waals surface area contributed by atoms with E-state index >= 15 is 0 Å². The van der Waals surface area contributed by atoms with E-state index in [1.165, 1.54) is 0 Å². The number of hydrogen-bond acceptors (Lipinski definition) is 6. The van der Waals surface area contributed by atoms with Crippen LogP contribution in [0.2, 0.25) is 0 Å². The van der Waals surface area contributed by atoms with Gasteiger partial charge in [-0.25, -0.2) is 4.98 Å². The van der Waals surface area contributed by atoms with Gasteiger partial charge >= 0.3 is 0 Å². The summed E-state index contributed by atoms with van der Waals surface area (Å²) >= 11 is 0. The molecule has 2 heterocycles. The van der Waals surface area contributed by atoms with E-state index in [0.29, 0.717) is 23.7 Å². The number of nitrogens with zero attached hydrogens (tertiary/aromatic N) is 2. The molecule has 0 aliphatic carbocycles. The molecule has 1 aromatic carbocycles. The quantitative estimate of drug-likeness (QED) is 0.477. The standard InChI is InChI=1S/C25H35N5O3/c1-3-4-9-22(29-23(31)16-18-7-5-6-8-21(18)26)25(32)28-19-10-11-24(27-17-19)33-20-12-14-30(2)15-13-20/h5-8,10-11,17,20,22H,3-4,9,12-16,26H2,1-2H3,(H,28,32)(H,29,31). The molecule has 1 aliphatic heterocycles. The highest BCUT2D eigenvalue weighted by molar-refractivity contribution is 5.97. The van der Waals surface area contributed by atoms with Gasteiger partial charge in [-0.05, 0) is 44.0 Å². The van der Waals surface area contributed by atoms with Gasteiger partial charge < -0.3 is 26.0 Å². The van der Waals surface area contributed by atoms with E-state index in [-0.39, 0.29) is 24.3 Å². The fourth-order valence-electron chi connectivity index (χ4n) is 3.82. The largest absolute Gasteiger partial charge is 0.474 e. The van der Waals surface area contributed by atoms with Crippen molar-refractivity contribution in [1.82, 2.24) is 15.2 Å². The number of likely N-dealkylation sites (tertiary alicyclic amines) is 1. The number of nitrogens with one attached hydrogen (secondary N) is 2. The monoisotopic (exact) mass is 453 g/mol. The van der Waals surface area contributed by atoms with Gasteiger partial charge in [0.25, 0.3) is 0 Å². The van der Waals surface area contributed by atoms with Crippen LogP contribution in [0, 0.1) is 0 Å². The molecule has 1 aliphatic rings. The number of piperidine rings is 1. The number of carbonyl (C=O) groups excluding carboxylic acids is 2. The SMILES string of the molecule is CCCCC(NC(=O)Cc1ccccc1N)C(=O)Nc1ccc(OC2CCN(C)CC2)nc1. The predicted molar refractivity (Wildman–Crippen MR) is 130 cm³/mol. The first-order valence-corrected chi connectivity index (χ1v) is 11.7. The molecular formula is C25H35N5O3. The zero-order chi connectivity index (χ0) is 23.6. The van der Waals surface area contributed by atoms with Crippen molar-refractivity contribution in [1.29, 1.82) is 0 Å². The smallest absolute Gasteiger partial charge is 0.246 e. The van der Waals surface area contributed by atoms with Crippen LogP contribution in [-0.4, -0.2) is 54.0 Å². The molecule has 33 heavy (non-hydrogen) atoms. The fourth-order valence-corrected chi connectivity index (χ4v) is 3.82. The van der Waals surface area contributed by atoms with Crippen LogP contribution in [0.15, 0.2) is 42.6 Å². The minimum absolute atomic E-state index is 0.132. The lowest BCUT2D eigenvalue weighted by Crippen LogP contribution is -2.44. The summed E-state index contributed by atoms with van der Waals surface area (Å²) in [6, 6.07) is 10.2. The van der Waals surface area contributed by atoms with Crippen molar-refractivity contribution in [2.75, 3.05) is 31.2 Å². The van der Waals surface area contributed by atoms with Gasteiger partial charge in [-0.2, -0.15) is 0 Å². The van der Waals surface area contributed by atoms with Crippen LogP contribution in [0.25, 0.3) is 0 Å². The lowest BCUT2D eigenvalue weighted by atomic mass is 10.1. The topological polar surface area (TPSA) is 110 Å².